The summed E-state index contributed by atoms with van der Waals surface area (Å²) in [5.74, 6) is -1.59. The van der Waals surface area contributed by atoms with Gasteiger partial charge in [-0.05, 0) is 13.3 Å². The number of rotatable bonds is 5. The highest BCUT2D eigenvalue weighted by molar-refractivity contribution is 5.70. The maximum Gasteiger partial charge on any atom is 0.295 e. The summed E-state index contributed by atoms with van der Waals surface area (Å²) < 4.78 is 0. The van der Waals surface area contributed by atoms with Gasteiger partial charge in [-0.15, -0.1) is 10.1 Å². The molecule has 0 N–H and O–H groups in total. The summed E-state index contributed by atoms with van der Waals surface area (Å²) in [5, 5.41) is 18.8. The van der Waals surface area contributed by atoms with Gasteiger partial charge in [0, 0.05) is 0 Å². The van der Waals surface area contributed by atoms with Crippen LogP contribution in [-0.2, 0) is 9.63 Å². The van der Waals surface area contributed by atoms with Crippen molar-refractivity contribution in [2.45, 2.75) is 19.4 Å². The number of carboxylic acids is 1. The predicted octanol–water partition coefficient (Wildman–Crippen LogP) is -0.721. The number of hydrogen-bond acceptors (Lipinski definition) is 5. The SMILES string of the molecule is CC=CCC(O[N+](=O)[O-])C(=O)[O-]. The van der Waals surface area contributed by atoms with Gasteiger partial charge >= 0.3 is 0 Å². The van der Waals surface area contributed by atoms with E-state index in [9.17, 15) is 20.0 Å². The van der Waals surface area contributed by atoms with Gasteiger partial charge in [-0.2, -0.15) is 0 Å². The number of hydrogen-bond donors (Lipinski definition) is 0. The van der Waals surface area contributed by atoms with Gasteiger partial charge in [0.1, 0.15) is 6.10 Å². The molecule has 0 heterocycles. The van der Waals surface area contributed by atoms with Crippen LogP contribution < -0.4 is 5.11 Å². The zero-order chi connectivity index (χ0) is 9.56. The van der Waals surface area contributed by atoms with E-state index in [1.165, 1.54) is 6.08 Å². The number of carboxylic acid groups (broad SMARTS) is 1. The van der Waals surface area contributed by atoms with Crippen LogP contribution in [0, 0.1) is 10.1 Å². The summed E-state index contributed by atoms with van der Waals surface area (Å²) in [7, 11) is 0. The Hall–Kier alpha value is -1.59. The Morgan fingerprint density at radius 2 is 2.33 bits per heavy atom. The molecule has 0 aromatic carbocycles. The van der Waals surface area contributed by atoms with Crippen LogP contribution in [0.5, 0.6) is 0 Å². The Balaban J connectivity index is 4.04. The van der Waals surface area contributed by atoms with Gasteiger partial charge in [-0.25, -0.2) is 0 Å². The molecule has 0 fully saturated rings. The Labute approximate surface area is 68.6 Å². The lowest BCUT2D eigenvalue weighted by atomic mass is 10.2. The molecule has 1 unspecified atom stereocenters. The van der Waals surface area contributed by atoms with Gasteiger partial charge in [0.25, 0.3) is 5.09 Å². The van der Waals surface area contributed by atoms with Crippen LogP contribution >= 0.6 is 0 Å². The lowest BCUT2D eigenvalue weighted by molar-refractivity contribution is -0.766. The molecule has 68 valence electrons. The molecule has 12 heavy (non-hydrogen) atoms. The summed E-state index contributed by atoms with van der Waals surface area (Å²) in [6.07, 6.45) is 1.43. The van der Waals surface area contributed by atoms with Crippen LogP contribution in [0.2, 0.25) is 0 Å². The highest BCUT2D eigenvalue weighted by atomic mass is 17.0. The van der Waals surface area contributed by atoms with Gasteiger partial charge in [0.05, 0.1) is 5.97 Å². The van der Waals surface area contributed by atoms with Crippen molar-refractivity contribution in [2.75, 3.05) is 0 Å². The van der Waals surface area contributed by atoms with Crippen LogP contribution in [0.25, 0.3) is 0 Å². The van der Waals surface area contributed by atoms with Gasteiger partial charge in [-0.1, -0.05) is 12.2 Å². The molecule has 0 saturated carbocycles. The van der Waals surface area contributed by atoms with Crippen molar-refractivity contribution in [2.24, 2.45) is 0 Å². The molecule has 0 bridgehead atoms. The van der Waals surface area contributed by atoms with Gasteiger partial charge in [-0.3, -0.25) is 0 Å². The van der Waals surface area contributed by atoms with E-state index < -0.39 is 17.2 Å². The number of aliphatic carboxylic acids is 1. The minimum atomic E-state index is -1.59. The lowest BCUT2D eigenvalue weighted by Crippen LogP contribution is -2.38. The van der Waals surface area contributed by atoms with Crippen molar-refractivity contribution in [3.63, 3.8) is 0 Å². The Bertz CT molecular complexity index is 200. The molecular weight excluding hydrogens is 166 g/mol. The highest BCUT2D eigenvalue weighted by Crippen LogP contribution is 1.98. The second kappa shape index (κ2) is 5.11. The predicted molar refractivity (Wildman–Crippen MR) is 36.3 cm³/mol. The van der Waals surface area contributed by atoms with Crippen molar-refractivity contribution in [1.82, 2.24) is 0 Å². The third-order valence-electron chi connectivity index (χ3n) is 1.06. The first-order valence-corrected chi connectivity index (χ1v) is 3.21. The topological polar surface area (TPSA) is 92.5 Å². The highest BCUT2D eigenvalue weighted by Gasteiger charge is 2.11. The molecule has 0 radical (unpaired) electrons. The van der Waals surface area contributed by atoms with Crippen LogP contribution in [0.3, 0.4) is 0 Å². The summed E-state index contributed by atoms with van der Waals surface area (Å²) in [6, 6.07) is 0. The molecular formula is C6H8NO5-. The first-order valence-electron chi connectivity index (χ1n) is 3.21. The molecule has 0 amide bonds. The van der Waals surface area contributed by atoms with Crippen LogP contribution in [0.15, 0.2) is 12.2 Å². The number of nitrogens with zero attached hydrogens (tertiary/aromatic N) is 1. The zero-order valence-electron chi connectivity index (χ0n) is 6.43. The molecule has 0 aliphatic heterocycles. The number of allylic oxidation sites excluding steroid dienone is 1. The molecule has 0 aliphatic carbocycles. The fourth-order valence-corrected chi connectivity index (χ4v) is 0.546. The fraction of sp³-hybridized carbons (Fsp3) is 0.500. The monoisotopic (exact) mass is 174 g/mol. The van der Waals surface area contributed by atoms with E-state index >= 15 is 0 Å². The zero-order valence-corrected chi connectivity index (χ0v) is 6.43. The van der Waals surface area contributed by atoms with E-state index in [1.807, 2.05) is 0 Å². The molecule has 0 spiro atoms. The van der Waals surface area contributed by atoms with E-state index in [1.54, 1.807) is 13.0 Å². The molecule has 6 nitrogen and oxygen atoms in total. The first-order chi connectivity index (χ1) is 5.57. The molecule has 0 saturated heterocycles. The first kappa shape index (κ1) is 10.4. The maximum absolute atomic E-state index is 10.2. The third-order valence-corrected chi connectivity index (χ3v) is 1.06. The summed E-state index contributed by atoms with van der Waals surface area (Å²) in [4.78, 5) is 23.7. The van der Waals surface area contributed by atoms with Crippen LogP contribution in [0.1, 0.15) is 13.3 Å². The van der Waals surface area contributed by atoms with Crippen molar-refractivity contribution in [1.29, 1.82) is 0 Å². The quantitative estimate of drug-likeness (QED) is 0.311. The maximum atomic E-state index is 10.2. The normalized spacial score (nSPS) is 12.8. The van der Waals surface area contributed by atoms with E-state index in [0.29, 0.717) is 0 Å². The molecule has 0 aromatic heterocycles. The lowest BCUT2D eigenvalue weighted by Gasteiger charge is -2.12. The van der Waals surface area contributed by atoms with Gasteiger partial charge < -0.3 is 14.7 Å². The van der Waals surface area contributed by atoms with Crippen molar-refractivity contribution in [3.8, 4) is 0 Å². The van der Waals surface area contributed by atoms with Crippen molar-refractivity contribution < 1.29 is 19.8 Å². The fourth-order valence-electron chi connectivity index (χ4n) is 0.546. The summed E-state index contributed by atoms with van der Waals surface area (Å²) in [6.45, 7) is 1.67. The van der Waals surface area contributed by atoms with Crippen LogP contribution in [0.4, 0.5) is 0 Å². The van der Waals surface area contributed by atoms with Gasteiger partial charge in [0.2, 0.25) is 0 Å². The Morgan fingerprint density at radius 3 is 2.67 bits per heavy atom. The van der Waals surface area contributed by atoms with Crippen molar-refractivity contribution >= 4 is 5.97 Å². The average Bonchev–Trinajstić information content (AvgIpc) is 1.96. The van der Waals surface area contributed by atoms with Crippen molar-refractivity contribution in [3.05, 3.63) is 22.3 Å². The van der Waals surface area contributed by atoms with Crippen LogP contribution in [-0.4, -0.2) is 17.2 Å². The van der Waals surface area contributed by atoms with E-state index in [0.717, 1.165) is 0 Å². The molecule has 0 aliphatic rings. The third kappa shape index (κ3) is 4.26. The second-order valence-corrected chi connectivity index (χ2v) is 1.94. The number of carbonyl (C=O) groups excluding carboxylic acids is 1. The van der Waals surface area contributed by atoms with E-state index in [4.69, 9.17) is 0 Å². The Morgan fingerprint density at radius 1 is 1.75 bits per heavy atom. The largest absolute Gasteiger partial charge is 0.548 e. The summed E-state index contributed by atoms with van der Waals surface area (Å²) >= 11 is 0. The standard InChI is InChI=1S/C6H9NO5/c1-2-3-4-5(6(8)9)12-7(10)11/h2-3,5H,4H2,1H3,(H,8,9)/p-1. The molecule has 0 rings (SSSR count). The van der Waals surface area contributed by atoms with Gasteiger partial charge in [0.15, 0.2) is 0 Å². The van der Waals surface area contributed by atoms with E-state index in [-0.39, 0.29) is 6.42 Å². The Kier molecular flexibility index (Phi) is 4.43. The second-order valence-electron chi connectivity index (χ2n) is 1.94. The minimum absolute atomic E-state index is 0.0696. The minimum Gasteiger partial charge on any atom is -0.548 e. The number of carbonyl (C=O) groups is 1. The van der Waals surface area contributed by atoms with E-state index in [2.05, 4.69) is 4.84 Å². The molecule has 6 heteroatoms. The average molecular weight is 174 g/mol. The molecule has 1 atom stereocenters. The smallest absolute Gasteiger partial charge is 0.295 e. The molecule has 0 aromatic rings. The summed E-state index contributed by atoms with van der Waals surface area (Å²) in [5.41, 5.74) is 0.